The molecule has 210 valence electrons. The molecule has 0 spiro atoms. The number of halogens is 2. The lowest BCUT2D eigenvalue weighted by Gasteiger charge is -2.32. The highest BCUT2D eigenvalue weighted by molar-refractivity contribution is 7.14. The van der Waals surface area contributed by atoms with Crippen LogP contribution in [-0.2, 0) is 17.9 Å². The molecule has 40 heavy (non-hydrogen) atoms. The first kappa shape index (κ1) is 27.9. The van der Waals surface area contributed by atoms with Crippen molar-refractivity contribution in [2.75, 3.05) is 45.1 Å². The van der Waals surface area contributed by atoms with Gasteiger partial charge in [-0.25, -0.2) is 13.8 Å². The number of rotatable bonds is 8. The number of amides is 2. The number of thiophene rings is 1. The van der Waals surface area contributed by atoms with Gasteiger partial charge in [0.05, 0.1) is 26.8 Å². The van der Waals surface area contributed by atoms with Crippen molar-refractivity contribution >= 4 is 40.1 Å². The maximum atomic E-state index is 13.1. The number of hydrogen-bond donors (Lipinski definition) is 1. The number of likely N-dealkylation sites (N-methyl/N-ethyl adjacent to an activating group) is 1. The van der Waals surface area contributed by atoms with E-state index in [1.165, 1.54) is 12.1 Å². The van der Waals surface area contributed by atoms with E-state index in [2.05, 4.69) is 28.7 Å². The number of nitrogens with zero attached hydrogens (tertiary/aromatic N) is 6. The van der Waals surface area contributed by atoms with Gasteiger partial charge in [0.15, 0.2) is 0 Å². The second-order valence-corrected chi connectivity index (χ2v) is 11.4. The maximum absolute atomic E-state index is 13.1. The lowest BCUT2D eigenvalue weighted by molar-refractivity contribution is -0.127. The number of piperazine rings is 1. The molecule has 0 aliphatic carbocycles. The predicted molar refractivity (Wildman–Crippen MR) is 149 cm³/mol. The highest BCUT2D eigenvalue weighted by Gasteiger charge is 2.31. The summed E-state index contributed by atoms with van der Waals surface area (Å²) in [4.78, 5) is 36.9. The van der Waals surface area contributed by atoms with Crippen LogP contribution < -0.4 is 5.32 Å². The van der Waals surface area contributed by atoms with E-state index in [0.717, 1.165) is 68.0 Å². The number of carbonyl (C=O) groups excluding carboxylic acids is 2. The topological polar surface area (TPSA) is 97.5 Å². The zero-order valence-electron chi connectivity index (χ0n) is 22.3. The van der Waals surface area contributed by atoms with Crippen LogP contribution in [0.5, 0.6) is 0 Å². The fourth-order valence-electron chi connectivity index (χ4n) is 5.30. The number of benzene rings is 1. The van der Waals surface area contributed by atoms with Crippen molar-refractivity contribution in [1.29, 1.82) is 5.26 Å². The number of likely N-dealkylation sites (tertiary alicyclic amines) is 1. The van der Waals surface area contributed by atoms with Gasteiger partial charge in [-0.1, -0.05) is 12.6 Å². The van der Waals surface area contributed by atoms with Crippen LogP contribution in [0.3, 0.4) is 0 Å². The molecule has 9 nitrogen and oxygen atoms in total. The Bertz CT molecular complexity index is 1470. The first-order valence-corrected chi connectivity index (χ1v) is 14.0. The molecule has 3 aromatic rings. The van der Waals surface area contributed by atoms with Crippen LogP contribution in [0.15, 0.2) is 42.5 Å². The predicted octanol–water partition coefficient (Wildman–Crippen LogP) is 4.11. The fourth-order valence-corrected chi connectivity index (χ4v) is 6.06. The summed E-state index contributed by atoms with van der Waals surface area (Å²) in [5.74, 6) is -0.641. The van der Waals surface area contributed by atoms with Gasteiger partial charge in [0.1, 0.15) is 11.6 Å². The van der Waals surface area contributed by atoms with Crippen LogP contribution in [-0.4, -0.2) is 81.9 Å². The lowest BCUT2D eigenvalue weighted by atomic mass is 10.1. The van der Waals surface area contributed by atoms with E-state index in [1.807, 2.05) is 28.8 Å². The van der Waals surface area contributed by atoms with Gasteiger partial charge in [0.2, 0.25) is 5.95 Å². The van der Waals surface area contributed by atoms with Gasteiger partial charge < -0.3 is 14.4 Å². The minimum absolute atomic E-state index is 0.114. The van der Waals surface area contributed by atoms with E-state index < -0.39 is 18.2 Å². The average Bonchev–Trinajstić information content (AvgIpc) is 3.69. The van der Waals surface area contributed by atoms with Gasteiger partial charge in [-0.2, -0.15) is 5.26 Å². The molecule has 1 N–H and O–H groups in total. The second-order valence-electron chi connectivity index (χ2n) is 10.3. The highest BCUT2D eigenvalue weighted by Crippen LogP contribution is 2.30. The minimum Gasteiger partial charge on any atom is -0.333 e. The summed E-state index contributed by atoms with van der Waals surface area (Å²) in [7, 11) is 2.12. The Morgan fingerprint density at radius 3 is 2.67 bits per heavy atom. The van der Waals surface area contributed by atoms with Gasteiger partial charge in [-0.15, -0.1) is 11.3 Å². The Labute approximate surface area is 235 Å². The molecule has 2 fully saturated rings. The van der Waals surface area contributed by atoms with Crippen LogP contribution in [0.1, 0.15) is 39.4 Å². The van der Waals surface area contributed by atoms with Crippen molar-refractivity contribution in [3.05, 3.63) is 57.8 Å². The summed E-state index contributed by atoms with van der Waals surface area (Å²) < 4.78 is 28.1. The molecule has 1 aromatic carbocycles. The number of anilines is 1. The number of imidazole rings is 1. The molecular weight excluding hydrogens is 536 g/mol. The van der Waals surface area contributed by atoms with Gasteiger partial charge in [-0.3, -0.25) is 19.8 Å². The molecule has 0 unspecified atom stereocenters. The van der Waals surface area contributed by atoms with E-state index in [9.17, 15) is 23.6 Å². The van der Waals surface area contributed by atoms with Gasteiger partial charge in [0, 0.05) is 45.8 Å². The Morgan fingerprint density at radius 1 is 1.20 bits per heavy atom. The third kappa shape index (κ3) is 5.91. The highest BCUT2D eigenvalue weighted by atomic mass is 32.1. The van der Waals surface area contributed by atoms with Crippen molar-refractivity contribution in [2.45, 2.75) is 38.4 Å². The van der Waals surface area contributed by atoms with Crippen molar-refractivity contribution in [3.63, 3.8) is 0 Å². The molecule has 1 atom stereocenters. The molecule has 0 radical (unpaired) electrons. The first-order chi connectivity index (χ1) is 19.2. The monoisotopic (exact) mass is 567 g/mol. The molecule has 5 rings (SSSR count). The number of hydrogen-bond acceptors (Lipinski definition) is 7. The van der Waals surface area contributed by atoms with Crippen LogP contribution in [0, 0.1) is 11.3 Å². The average molecular weight is 568 g/mol. The second kappa shape index (κ2) is 11.8. The summed E-state index contributed by atoms with van der Waals surface area (Å²) in [6, 6.07) is 10.3. The number of fused-ring (bicyclic) bond motifs is 1. The van der Waals surface area contributed by atoms with Crippen molar-refractivity contribution < 1.29 is 18.4 Å². The Balaban J connectivity index is 1.44. The number of nitrogens with one attached hydrogen (secondary N) is 1. The molecule has 0 saturated carbocycles. The number of alkyl halides is 2. The molecule has 2 aromatic heterocycles. The normalized spacial score (nSPS) is 18.4. The number of carbonyl (C=O) groups is 2. The number of nitriles is 1. The Morgan fingerprint density at radius 2 is 1.98 bits per heavy atom. The summed E-state index contributed by atoms with van der Waals surface area (Å²) >= 11 is 0.745. The SMILES string of the molecule is C=C(C#N)C(=O)N1CCC[C@@H]1Cn1c(NC(=O)c2ccc(C(F)F)s2)nc2cc(CN3CCN(C)CC3)ccc21. The fraction of sp³-hybridized carbons (Fsp3) is 0.429. The van der Waals surface area contributed by atoms with Crippen LogP contribution in [0.4, 0.5) is 14.7 Å². The largest absolute Gasteiger partial charge is 0.333 e. The summed E-state index contributed by atoms with van der Waals surface area (Å²) in [6.07, 6.45) is -1.14. The van der Waals surface area contributed by atoms with E-state index in [0.29, 0.717) is 18.6 Å². The molecule has 0 bridgehead atoms. The third-order valence-electron chi connectivity index (χ3n) is 7.53. The Hall–Kier alpha value is -3.66. The van der Waals surface area contributed by atoms with Gasteiger partial charge in [-0.05, 0) is 49.7 Å². The van der Waals surface area contributed by atoms with E-state index in [1.54, 1.807) is 4.90 Å². The third-order valence-corrected chi connectivity index (χ3v) is 8.62. The zero-order valence-corrected chi connectivity index (χ0v) is 23.1. The standard InChI is InChI=1S/C28H31F2N7O2S/c1-18(15-31)27(39)36-9-3-4-20(36)17-37-22-6-5-19(16-35-12-10-34(2)11-13-35)14-21(22)32-28(37)33-26(38)24-8-7-23(40-24)25(29)30/h5-8,14,20,25H,1,3-4,9-13,16-17H2,2H3,(H,32,33,38)/t20-/m1/s1. The molecular formula is C28H31F2N7O2S. The lowest BCUT2D eigenvalue weighted by Crippen LogP contribution is -2.43. The van der Waals surface area contributed by atoms with Gasteiger partial charge in [0.25, 0.3) is 18.2 Å². The quantitative estimate of drug-likeness (QED) is 0.325. The molecule has 12 heteroatoms. The molecule has 4 heterocycles. The molecule has 2 aliphatic heterocycles. The van der Waals surface area contributed by atoms with Crippen LogP contribution >= 0.6 is 11.3 Å². The molecule has 2 amide bonds. The summed E-state index contributed by atoms with van der Waals surface area (Å²) in [5.41, 5.74) is 2.47. The molecule has 2 saturated heterocycles. The first-order valence-electron chi connectivity index (χ1n) is 13.2. The van der Waals surface area contributed by atoms with Crippen molar-refractivity contribution in [3.8, 4) is 6.07 Å². The van der Waals surface area contributed by atoms with Crippen molar-refractivity contribution in [2.24, 2.45) is 0 Å². The van der Waals surface area contributed by atoms with Crippen LogP contribution in [0.2, 0.25) is 0 Å². The van der Waals surface area contributed by atoms with Crippen LogP contribution in [0.25, 0.3) is 11.0 Å². The summed E-state index contributed by atoms with van der Waals surface area (Å²) in [5, 5.41) is 12.0. The number of aromatic nitrogens is 2. The van der Waals surface area contributed by atoms with E-state index >= 15 is 0 Å². The minimum atomic E-state index is -2.65. The smallest absolute Gasteiger partial charge is 0.272 e. The molecule has 2 aliphatic rings. The van der Waals surface area contributed by atoms with E-state index in [4.69, 9.17) is 4.98 Å². The van der Waals surface area contributed by atoms with E-state index in [-0.39, 0.29) is 27.3 Å². The maximum Gasteiger partial charge on any atom is 0.272 e. The van der Waals surface area contributed by atoms with Gasteiger partial charge >= 0.3 is 0 Å². The summed E-state index contributed by atoms with van der Waals surface area (Å²) in [6.45, 7) is 9.20. The van der Waals surface area contributed by atoms with Crippen molar-refractivity contribution in [1.82, 2.24) is 24.3 Å². The zero-order chi connectivity index (χ0) is 28.4. The Kier molecular flexibility index (Phi) is 8.25.